The first-order valence-corrected chi connectivity index (χ1v) is 8.60. The highest BCUT2D eigenvalue weighted by atomic mass is 19.1. The van der Waals surface area contributed by atoms with Gasteiger partial charge in [0.25, 0.3) is 0 Å². The van der Waals surface area contributed by atoms with Crippen LogP contribution in [0.4, 0.5) is 4.39 Å². The number of carbonyl (C=O) groups excluding carboxylic acids is 2. The van der Waals surface area contributed by atoms with Crippen LogP contribution in [0.2, 0.25) is 0 Å². The zero-order valence-electron chi connectivity index (χ0n) is 13.7. The first-order chi connectivity index (χ1) is 11.5. The van der Waals surface area contributed by atoms with Crippen molar-refractivity contribution in [3.8, 4) is 0 Å². The van der Waals surface area contributed by atoms with Crippen LogP contribution in [0.3, 0.4) is 0 Å². The fraction of sp³-hybridized carbons (Fsp3) is 0.556. The standard InChI is InChI=1S/C18H24FN3O2/c19-16-4-2-1-3-13(16)9-14(20)10-17(23)22-8-7-15(11-22)21-18(24)12-5-6-12/h1-4,12,14-15H,5-11,20H2,(H,21,24). The van der Waals surface area contributed by atoms with Crippen molar-refractivity contribution >= 4 is 11.8 Å². The summed E-state index contributed by atoms with van der Waals surface area (Å²) in [7, 11) is 0. The molecule has 3 rings (SSSR count). The van der Waals surface area contributed by atoms with E-state index in [0.29, 0.717) is 25.1 Å². The lowest BCUT2D eigenvalue weighted by Crippen LogP contribution is -2.40. The molecule has 2 fully saturated rings. The molecular weight excluding hydrogens is 309 g/mol. The average molecular weight is 333 g/mol. The first kappa shape index (κ1) is 16.9. The van der Waals surface area contributed by atoms with Crippen LogP contribution >= 0.6 is 0 Å². The van der Waals surface area contributed by atoms with Crippen LogP contribution in [0.5, 0.6) is 0 Å². The number of likely N-dealkylation sites (tertiary alicyclic amines) is 1. The Hall–Kier alpha value is -1.95. The predicted octanol–water partition coefficient (Wildman–Crippen LogP) is 1.21. The summed E-state index contributed by atoms with van der Waals surface area (Å²) in [5.41, 5.74) is 6.56. The van der Waals surface area contributed by atoms with E-state index in [1.165, 1.54) is 6.07 Å². The van der Waals surface area contributed by atoms with Crippen molar-refractivity contribution in [3.05, 3.63) is 35.6 Å². The molecule has 2 amide bonds. The Balaban J connectivity index is 1.44. The minimum Gasteiger partial charge on any atom is -0.351 e. The van der Waals surface area contributed by atoms with Crippen molar-refractivity contribution in [2.45, 2.75) is 44.2 Å². The van der Waals surface area contributed by atoms with E-state index in [1.54, 1.807) is 23.1 Å². The van der Waals surface area contributed by atoms with Gasteiger partial charge in [-0.25, -0.2) is 4.39 Å². The molecule has 0 radical (unpaired) electrons. The second-order valence-electron chi connectivity index (χ2n) is 6.87. The van der Waals surface area contributed by atoms with E-state index in [9.17, 15) is 14.0 Å². The van der Waals surface area contributed by atoms with E-state index in [4.69, 9.17) is 5.73 Å². The van der Waals surface area contributed by atoms with E-state index in [2.05, 4.69) is 5.32 Å². The maximum Gasteiger partial charge on any atom is 0.224 e. The fourth-order valence-electron chi connectivity index (χ4n) is 3.14. The summed E-state index contributed by atoms with van der Waals surface area (Å²) in [6, 6.07) is 6.13. The fourth-order valence-corrected chi connectivity index (χ4v) is 3.14. The van der Waals surface area contributed by atoms with Gasteiger partial charge in [0, 0.05) is 37.5 Å². The van der Waals surface area contributed by atoms with Crippen LogP contribution in [0, 0.1) is 11.7 Å². The third-order valence-corrected chi connectivity index (χ3v) is 4.71. The van der Waals surface area contributed by atoms with Crippen LogP contribution in [-0.2, 0) is 16.0 Å². The van der Waals surface area contributed by atoms with Gasteiger partial charge in [0.05, 0.1) is 0 Å². The quantitative estimate of drug-likeness (QED) is 0.822. The summed E-state index contributed by atoms with van der Waals surface area (Å²) in [6.07, 6.45) is 3.27. The summed E-state index contributed by atoms with van der Waals surface area (Å²) in [4.78, 5) is 25.9. The predicted molar refractivity (Wildman–Crippen MR) is 88.5 cm³/mol. The van der Waals surface area contributed by atoms with Crippen LogP contribution in [0.1, 0.15) is 31.2 Å². The van der Waals surface area contributed by atoms with Crippen molar-refractivity contribution in [1.29, 1.82) is 0 Å². The van der Waals surface area contributed by atoms with E-state index in [1.807, 2.05) is 0 Å². The lowest BCUT2D eigenvalue weighted by Gasteiger charge is -2.19. The number of halogens is 1. The summed E-state index contributed by atoms with van der Waals surface area (Å²) in [5.74, 6) is -0.0130. The number of nitrogens with two attached hydrogens (primary N) is 1. The molecule has 2 unspecified atom stereocenters. The summed E-state index contributed by atoms with van der Waals surface area (Å²) >= 11 is 0. The van der Waals surface area contributed by atoms with Crippen molar-refractivity contribution < 1.29 is 14.0 Å². The number of nitrogens with zero attached hydrogens (tertiary/aromatic N) is 1. The molecule has 0 aromatic heterocycles. The third-order valence-electron chi connectivity index (χ3n) is 4.71. The summed E-state index contributed by atoms with van der Waals surface area (Å²) in [5, 5.41) is 3.01. The molecular formula is C18H24FN3O2. The molecule has 130 valence electrons. The van der Waals surface area contributed by atoms with E-state index in [-0.39, 0.29) is 36.0 Å². The van der Waals surface area contributed by atoms with Gasteiger partial charge in [-0.05, 0) is 37.3 Å². The molecule has 1 saturated heterocycles. The SMILES string of the molecule is NC(CC(=O)N1CCC(NC(=O)C2CC2)C1)Cc1ccccc1F. The van der Waals surface area contributed by atoms with E-state index in [0.717, 1.165) is 19.3 Å². The smallest absolute Gasteiger partial charge is 0.224 e. The van der Waals surface area contributed by atoms with Crippen LogP contribution in [-0.4, -0.2) is 41.9 Å². The van der Waals surface area contributed by atoms with E-state index >= 15 is 0 Å². The molecule has 1 heterocycles. The molecule has 2 aliphatic rings. The minimum absolute atomic E-state index is 0.0259. The van der Waals surface area contributed by atoms with Gasteiger partial charge in [-0.3, -0.25) is 9.59 Å². The number of benzene rings is 1. The highest BCUT2D eigenvalue weighted by Crippen LogP contribution is 2.29. The topological polar surface area (TPSA) is 75.4 Å². The number of nitrogens with one attached hydrogen (secondary N) is 1. The largest absolute Gasteiger partial charge is 0.351 e. The van der Waals surface area contributed by atoms with Crippen molar-refractivity contribution in [3.63, 3.8) is 0 Å². The van der Waals surface area contributed by atoms with Crippen molar-refractivity contribution in [2.75, 3.05) is 13.1 Å². The average Bonchev–Trinajstić information content (AvgIpc) is 3.29. The maximum absolute atomic E-state index is 13.6. The Morgan fingerprint density at radius 1 is 1.29 bits per heavy atom. The molecule has 1 aromatic carbocycles. The van der Waals surface area contributed by atoms with Gasteiger partial charge in [-0.1, -0.05) is 18.2 Å². The minimum atomic E-state index is -0.408. The molecule has 3 N–H and O–H groups in total. The summed E-state index contributed by atoms with van der Waals surface area (Å²) in [6.45, 7) is 1.19. The molecule has 0 bridgehead atoms. The van der Waals surface area contributed by atoms with Crippen LogP contribution in [0.15, 0.2) is 24.3 Å². The second-order valence-corrected chi connectivity index (χ2v) is 6.87. The maximum atomic E-state index is 13.6. The Bertz CT molecular complexity index is 618. The molecule has 24 heavy (non-hydrogen) atoms. The second kappa shape index (κ2) is 7.30. The zero-order valence-corrected chi connectivity index (χ0v) is 13.7. The monoisotopic (exact) mass is 333 g/mol. The number of hydrogen-bond acceptors (Lipinski definition) is 3. The summed E-state index contributed by atoms with van der Waals surface area (Å²) < 4.78 is 13.6. The molecule has 2 atom stereocenters. The molecule has 1 aliphatic heterocycles. The Kier molecular flexibility index (Phi) is 5.14. The normalized spacial score (nSPS) is 21.6. The Morgan fingerprint density at radius 2 is 2.04 bits per heavy atom. The Morgan fingerprint density at radius 3 is 2.75 bits per heavy atom. The van der Waals surface area contributed by atoms with Gasteiger partial charge >= 0.3 is 0 Å². The number of hydrogen-bond donors (Lipinski definition) is 2. The molecule has 6 heteroatoms. The molecule has 0 spiro atoms. The lowest BCUT2D eigenvalue weighted by molar-refractivity contribution is -0.131. The van der Waals surface area contributed by atoms with Gasteiger partial charge in [0.1, 0.15) is 5.82 Å². The van der Waals surface area contributed by atoms with Gasteiger partial charge in [-0.2, -0.15) is 0 Å². The number of amides is 2. The van der Waals surface area contributed by atoms with Gasteiger partial charge < -0.3 is 16.0 Å². The first-order valence-electron chi connectivity index (χ1n) is 8.60. The van der Waals surface area contributed by atoms with Crippen LogP contribution in [0.25, 0.3) is 0 Å². The Labute approximate surface area is 141 Å². The lowest BCUT2D eigenvalue weighted by atomic mass is 10.0. The molecule has 5 nitrogen and oxygen atoms in total. The van der Waals surface area contributed by atoms with E-state index < -0.39 is 6.04 Å². The third kappa shape index (κ3) is 4.32. The van der Waals surface area contributed by atoms with Gasteiger partial charge in [-0.15, -0.1) is 0 Å². The number of rotatable bonds is 6. The van der Waals surface area contributed by atoms with Gasteiger partial charge in [0.2, 0.25) is 11.8 Å². The zero-order chi connectivity index (χ0) is 17.1. The van der Waals surface area contributed by atoms with Gasteiger partial charge in [0.15, 0.2) is 0 Å². The highest BCUT2D eigenvalue weighted by Gasteiger charge is 2.33. The molecule has 1 aliphatic carbocycles. The van der Waals surface area contributed by atoms with Crippen LogP contribution < -0.4 is 11.1 Å². The van der Waals surface area contributed by atoms with Crippen molar-refractivity contribution in [1.82, 2.24) is 10.2 Å². The van der Waals surface area contributed by atoms with Crippen molar-refractivity contribution in [2.24, 2.45) is 11.7 Å². The number of carbonyl (C=O) groups is 2. The molecule has 1 saturated carbocycles. The molecule has 1 aromatic rings. The highest BCUT2D eigenvalue weighted by molar-refractivity contribution is 5.81.